The van der Waals surface area contributed by atoms with Gasteiger partial charge in [-0.25, -0.2) is 0 Å². The number of anilines is 1. The zero-order valence-electron chi connectivity index (χ0n) is 16.2. The first-order valence-electron chi connectivity index (χ1n) is 9.34. The van der Waals surface area contributed by atoms with Gasteiger partial charge in [0.05, 0.1) is 11.1 Å². The van der Waals surface area contributed by atoms with Crippen molar-refractivity contribution in [3.8, 4) is 0 Å². The molecule has 0 spiro atoms. The van der Waals surface area contributed by atoms with Gasteiger partial charge in [0.15, 0.2) is 0 Å². The summed E-state index contributed by atoms with van der Waals surface area (Å²) in [4.78, 5) is 38.6. The topological polar surface area (TPSA) is 66.5 Å². The molecule has 0 atom stereocenters. The van der Waals surface area contributed by atoms with Crippen LogP contribution in [0.1, 0.15) is 64.4 Å². The number of carbonyl (C=O) groups excluding carboxylic acids is 3. The number of imide groups is 1. The second kappa shape index (κ2) is 8.27. The summed E-state index contributed by atoms with van der Waals surface area (Å²) in [6.07, 6.45) is 0.657. The van der Waals surface area contributed by atoms with Crippen LogP contribution in [0.4, 0.5) is 5.69 Å². The van der Waals surface area contributed by atoms with E-state index in [0.29, 0.717) is 23.5 Å². The Morgan fingerprint density at radius 1 is 1.11 bits per heavy atom. The molecule has 1 aliphatic rings. The molecule has 2 aromatic carbocycles. The number of carbonyl (C=O) groups is 3. The third-order valence-corrected chi connectivity index (χ3v) is 5.40. The van der Waals surface area contributed by atoms with Crippen molar-refractivity contribution >= 4 is 39.3 Å². The van der Waals surface area contributed by atoms with Crippen molar-refractivity contribution in [2.75, 3.05) is 11.9 Å². The van der Waals surface area contributed by atoms with E-state index in [0.717, 1.165) is 21.3 Å². The lowest BCUT2D eigenvalue weighted by Crippen LogP contribution is -2.31. The van der Waals surface area contributed by atoms with Gasteiger partial charge in [0.2, 0.25) is 5.91 Å². The summed E-state index contributed by atoms with van der Waals surface area (Å²) in [6.45, 7) is 6.37. The number of para-hydroxylation sites is 1. The first-order valence-corrected chi connectivity index (χ1v) is 10.1. The Morgan fingerprint density at radius 3 is 2.54 bits per heavy atom. The SMILES string of the molecule is Cc1cccc(C(C)C)c1NC(=O)CCCN1C(=O)c2ccc(Br)cc2C1=O. The highest BCUT2D eigenvalue weighted by atomic mass is 79.9. The van der Waals surface area contributed by atoms with Gasteiger partial charge in [0.1, 0.15) is 0 Å². The first-order chi connectivity index (χ1) is 13.3. The van der Waals surface area contributed by atoms with Crippen LogP contribution in [0.5, 0.6) is 0 Å². The van der Waals surface area contributed by atoms with Crippen molar-refractivity contribution in [1.82, 2.24) is 4.90 Å². The molecule has 1 heterocycles. The maximum Gasteiger partial charge on any atom is 0.261 e. The zero-order valence-corrected chi connectivity index (χ0v) is 17.8. The van der Waals surface area contributed by atoms with Gasteiger partial charge in [-0.05, 0) is 48.6 Å². The lowest BCUT2D eigenvalue weighted by molar-refractivity contribution is -0.116. The summed E-state index contributed by atoms with van der Waals surface area (Å²) in [5, 5.41) is 3.00. The van der Waals surface area contributed by atoms with E-state index in [1.54, 1.807) is 18.2 Å². The zero-order chi connectivity index (χ0) is 20.4. The number of rotatable bonds is 6. The summed E-state index contributed by atoms with van der Waals surface area (Å²) in [5.41, 5.74) is 3.79. The Morgan fingerprint density at radius 2 is 1.82 bits per heavy atom. The number of amides is 3. The molecule has 6 heteroatoms. The van der Waals surface area contributed by atoms with Crippen molar-refractivity contribution in [3.63, 3.8) is 0 Å². The van der Waals surface area contributed by atoms with E-state index in [9.17, 15) is 14.4 Å². The fourth-order valence-electron chi connectivity index (χ4n) is 3.41. The van der Waals surface area contributed by atoms with Gasteiger partial charge < -0.3 is 5.32 Å². The molecular weight excluding hydrogens is 420 g/mol. The van der Waals surface area contributed by atoms with Crippen molar-refractivity contribution in [2.45, 2.75) is 39.5 Å². The molecule has 0 saturated carbocycles. The van der Waals surface area contributed by atoms with Crippen LogP contribution in [0.3, 0.4) is 0 Å². The fraction of sp³-hybridized carbons (Fsp3) is 0.318. The van der Waals surface area contributed by atoms with E-state index in [1.165, 1.54) is 4.90 Å². The summed E-state index contributed by atoms with van der Waals surface area (Å²) < 4.78 is 0.757. The standard InChI is InChI=1S/C22H23BrN2O3/c1-13(2)16-7-4-6-14(3)20(16)24-19(26)8-5-11-25-21(27)17-10-9-15(23)12-18(17)22(25)28/h4,6-7,9-10,12-13H,5,8,11H2,1-3H3,(H,24,26). The van der Waals surface area contributed by atoms with Crippen LogP contribution in [0.25, 0.3) is 0 Å². The number of hydrogen-bond acceptors (Lipinski definition) is 3. The maximum absolute atomic E-state index is 12.5. The van der Waals surface area contributed by atoms with Gasteiger partial charge in [0.25, 0.3) is 11.8 Å². The van der Waals surface area contributed by atoms with Crippen LogP contribution in [0.2, 0.25) is 0 Å². The number of aryl methyl sites for hydroxylation is 1. The molecule has 28 heavy (non-hydrogen) atoms. The molecular formula is C22H23BrN2O3. The van der Waals surface area contributed by atoms with E-state index in [-0.39, 0.29) is 30.7 Å². The summed E-state index contributed by atoms with van der Waals surface area (Å²) in [5.74, 6) is -0.417. The van der Waals surface area contributed by atoms with Crippen molar-refractivity contribution < 1.29 is 14.4 Å². The molecule has 0 aliphatic carbocycles. The Bertz CT molecular complexity index is 953. The average Bonchev–Trinajstić information content (AvgIpc) is 2.87. The second-order valence-corrected chi connectivity index (χ2v) is 8.21. The number of nitrogens with one attached hydrogen (secondary N) is 1. The van der Waals surface area contributed by atoms with Crippen LogP contribution in [-0.4, -0.2) is 29.2 Å². The van der Waals surface area contributed by atoms with Crippen LogP contribution in [0.15, 0.2) is 40.9 Å². The molecule has 1 N–H and O–H groups in total. The number of benzene rings is 2. The Kier molecular flexibility index (Phi) is 5.98. The molecule has 0 fully saturated rings. The highest BCUT2D eigenvalue weighted by molar-refractivity contribution is 9.10. The molecule has 146 valence electrons. The van der Waals surface area contributed by atoms with Crippen LogP contribution >= 0.6 is 15.9 Å². The van der Waals surface area contributed by atoms with Crippen molar-refractivity contribution in [3.05, 3.63) is 63.1 Å². The van der Waals surface area contributed by atoms with Gasteiger partial charge in [0, 0.05) is 23.1 Å². The van der Waals surface area contributed by atoms with E-state index < -0.39 is 0 Å². The van der Waals surface area contributed by atoms with E-state index in [2.05, 4.69) is 35.1 Å². The maximum atomic E-state index is 12.5. The van der Waals surface area contributed by atoms with E-state index in [1.807, 2.05) is 25.1 Å². The first kappa shape index (κ1) is 20.3. The number of hydrogen-bond donors (Lipinski definition) is 1. The van der Waals surface area contributed by atoms with Crippen LogP contribution < -0.4 is 5.32 Å². The van der Waals surface area contributed by atoms with Gasteiger partial charge in [-0.2, -0.15) is 0 Å². The van der Waals surface area contributed by atoms with E-state index in [4.69, 9.17) is 0 Å². The third kappa shape index (κ3) is 4.02. The minimum absolute atomic E-state index is 0.115. The molecule has 5 nitrogen and oxygen atoms in total. The lowest BCUT2D eigenvalue weighted by atomic mass is 9.98. The number of halogens is 1. The molecule has 0 unspecified atom stereocenters. The molecule has 1 aliphatic heterocycles. The molecule has 0 saturated heterocycles. The van der Waals surface area contributed by atoms with Gasteiger partial charge in [-0.15, -0.1) is 0 Å². The van der Waals surface area contributed by atoms with Crippen molar-refractivity contribution in [2.24, 2.45) is 0 Å². The molecule has 0 radical (unpaired) electrons. The van der Waals surface area contributed by atoms with Gasteiger partial charge in [-0.1, -0.05) is 48.0 Å². The molecule has 0 bridgehead atoms. The average molecular weight is 443 g/mol. The minimum atomic E-state index is -0.303. The quantitative estimate of drug-likeness (QED) is 0.647. The van der Waals surface area contributed by atoms with Crippen molar-refractivity contribution in [1.29, 1.82) is 0 Å². The summed E-state index contributed by atoms with van der Waals surface area (Å²) >= 11 is 3.32. The predicted molar refractivity (Wildman–Crippen MR) is 113 cm³/mol. The highest BCUT2D eigenvalue weighted by Crippen LogP contribution is 2.28. The fourth-order valence-corrected chi connectivity index (χ4v) is 3.77. The van der Waals surface area contributed by atoms with Crippen LogP contribution in [-0.2, 0) is 4.79 Å². The largest absolute Gasteiger partial charge is 0.326 e. The third-order valence-electron chi connectivity index (χ3n) is 4.91. The highest BCUT2D eigenvalue weighted by Gasteiger charge is 2.35. The molecule has 2 aromatic rings. The Hall–Kier alpha value is -2.47. The molecule has 3 rings (SSSR count). The molecule has 0 aromatic heterocycles. The second-order valence-electron chi connectivity index (χ2n) is 7.30. The molecule has 3 amide bonds. The summed E-state index contributed by atoms with van der Waals surface area (Å²) in [7, 11) is 0. The van der Waals surface area contributed by atoms with Gasteiger partial charge in [-0.3, -0.25) is 19.3 Å². The predicted octanol–water partition coefficient (Wildman–Crippen LogP) is 4.90. The monoisotopic (exact) mass is 442 g/mol. The lowest BCUT2D eigenvalue weighted by Gasteiger charge is -2.17. The minimum Gasteiger partial charge on any atom is -0.326 e. The van der Waals surface area contributed by atoms with Gasteiger partial charge >= 0.3 is 0 Å². The number of nitrogens with zero attached hydrogens (tertiary/aromatic N) is 1. The smallest absolute Gasteiger partial charge is 0.261 e. The normalized spacial score (nSPS) is 13.2. The Balaban J connectivity index is 1.60. The number of fused-ring (bicyclic) bond motifs is 1. The van der Waals surface area contributed by atoms with Crippen LogP contribution in [0, 0.1) is 6.92 Å². The van der Waals surface area contributed by atoms with E-state index >= 15 is 0 Å². The summed E-state index contributed by atoms with van der Waals surface area (Å²) in [6, 6.07) is 11.0. The Labute approximate surface area is 173 Å².